The number of aryl methyl sites for hydroxylation is 1. The Bertz CT molecular complexity index is 598. The van der Waals surface area contributed by atoms with Gasteiger partial charge in [0.25, 0.3) is 5.91 Å². The highest BCUT2D eigenvalue weighted by Gasteiger charge is 2.08. The SMILES string of the molecule is Cn1ccc(NC(=O)COc2cc(Cl)ccc2Cl)n1. The van der Waals surface area contributed by atoms with Crippen LogP contribution in [0.2, 0.25) is 10.0 Å². The molecule has 0 radical (unpaired) electrons. The minimum absolute atomic E-state index is 0.170. The molecule has 1 heterocycles. The summed E-state index contributed by atoms with van der Waals surface area (Å²) in [5.74, 6) is 0.508. The summed E-state index contributed by atoms with van der Waals surface area (Å²) in [6.07, 6.45) is 1.73. The van der Waals surface area contributed by atoms with E-state index in [4.69, 9.17) is 27.9 Å². The van der Waals surface area contributed by atoms with Gasteiger partial charge in [0.2, 0.25) is 0 Å². The van der Waals surface area contributed by atoms with Crippen LogP contribution in [-0.4, -0.2) is 22.3 Å². The van der Waals surface area contributed by atoms with Crippen molar-refractivity contribution in [1.29, 1.82) is 0 Å². The van der Waals surface area contributed by atoms with Gasteiger partial charge in [0.1, 0.15) is 5.75 Å². The van der Waals surface area contributed by atoms with Crippen molar-refractivity contribution in [2.75, 3.05) is 11.9 Å². The summed E-state index contributed by atoms with van der Waals surface area (Å²) in [6.45, 7) is -0.170. The van der Waals surface area contributed by atoms with Gasteiger partial charge < -0.3 is 10.1 Å². The molecule has 0 aliphatic heterocycles. The van der Waals surface area contributed by atoms with Crippen molar-refractivity contribution < 1.29 is 9.53 Å². The Balaban J connectivity index is 1.91. The maximum Gasteiger partial charge on any atom is 0.263 e. The van der Waals surface area contributed by atoms with E-state index < -0.39 is 0 Å². The fourth-order valence-electron chi connectivity index (χ4n) is 1.39. The van der Waals surface area contributed by atoms with E-state index in [0.717, 1.165) is 0 Å². The van der Waals surface area contributed by atoms with Crippen LogP contribution >= 0.6 is 23.2 Å². The molecule has 1 amide bonds. The third-order valence-electron chi connectivity index (χ3n) is 2.23. The Morgan fingerprint density at radius 1 is 1.42 bits per heavy atom. The van der Waals surface area contributed by atoms with Crippen molar-refractivity contribution in [1.82, 2.24) is 9.78 Å². The molecular formula is C12H11Cl2N3O2. The molecule has 1 aromatic heterocycles. The van der Waals surface area contributed by atoms with Crippen molar-refractivity contribution in [2.45, 2.75) is 0 Å². The fourth-order valence-corrected chi connectivity index (χ4v) is 1.73. The van der Waals surface area contributed by atoms with Crippen LogP contribution in [0.25, 0.3) is 0 Å². The molecule has 2 aromatic rings. The van der Waals surface area contributed by atoms with Gasteiger partial charge in [0.15, 0.2) is 12.4 Å². The van der Waals surface area contributed by atoms with Crippen LogP contribution in [-0.2, 0) is 11.8 Å². The lowest BCUT2D eigenvalue weighted by atomic mass is 10.3. The summed E-state index contributed by atoms with van der Waals surface area (Å²) in [6, 6.07) is 6.49. The smallest absolute Gasteiger partial charge is 0.263 e. The van der Waals surface area contributed by atoms with Gasteiger partial charge in [-0.2, -0.15) is 5.10 Å². The Hall–Kier alpha value is -1.72. The molecule has 5 nitrogen and oxygen atoms in total. The van der Waals surface area contributed by atoms with Crippen LogP contribution in [0.1, 0.15) is 0 Å². The van der Waals surface area contributed by atoms with E-state index in [1.54, 1.807) is 42.2 Å². The molecule has 0 saturated heterocycles. The van der Waals surface area contributed by atoms with Gasteiger partial charge in [-0.25, -0.2) is 0 Å². The largest absolute Gasteiger partial charge is 0.482 e. The first kappa shape index (κ1) is 13.7. The van der Waals surface area contributed by atoms with E-state index in [1.165, 1.54) is 0 Å². The van der Waals surface area contributed by atoms with E-state index in [0.29, 0.717) is 21.6 Å². The Morgan fingerprint density at radius 3 is 2.89 bits per heavy atom. The lowest BCUT2D eigenvalue weighted by molar-refractivity contribution is -0.118. The summed E-state index contributed by atoms with van der Waals surface area (Å²) in [4.78, 5) is 11.6. The number of halogens is 2. The van der Waals surface area contributed by atoms with Gasteiger partial charge in [-0.1, -0.05) is 23.2 Å². The number of aromatic nitrogens is 2. The number of amides is 1. The first-order valence-electron chi connectivity index (χ1n) is 5.42. The van der Waals surface area contributed by atoms with Gasteiger partial charge in [0.05, 0.1) is 5.02 Å². The van der Waals surface area contributed by atoms with E-state index in [-0.39, 0.29) is 12.5 Å². The maximum absolute atomic E-state index is 11.6. The highest BCUT2D eigenvalue weighted by atomic mass is 35.5. The van der Waals surface area contributed by atoms with Gasteiger partial charge in [-0.15, -0.1) is 0 Å². The highest BCUT2D eigenvalue weighted by molar-refractivity contribution is 6.34. The zero-order valence-corrected chi connectivity index (χ0v) is 11.6. The molecule has 0 atom stereocenters. The number of hydrogen-bond acceptors (Lipinski definition) is 3. The molecule has 0 fully saturated rings. The summed E-state index contributed by atoms with van der Waals surface area (Å²) in [5, 5.41) is 7.50. The van der Waals surface area contributed by atoms with E-state index in [1.807, 2.05) is 0 Å². The predicted molar refractivity (Wildman–Crippen MR) is 73.8 cm³/mol. The Labute approximate surface area is 120 Å². The molecular weight excluding hydrogens is 289 g/mol. The second-order valence-electron chi connectivity index (χ2n) is 3.79. The van der Waals surface area contributed by atoms with Crippen molar-refractivity contribution in [3.8, 4) is 5.75 Å². The molecule has 0 aliphatic rings. The Morgan fingerprint density at radius 2 is 2.21 bits per heavy atom. The minimum Gasteiger partial charge on any atom is -0.482 e. The molecule has 0 bridgehead atoms. The normalized spacial score (nSPS) is 10.3. The molecule has 1 N–H and O–H groups in total. The molecule has 19 heavy (non-hydrogen) atoms. The zero-order valence-electron chi connectivity index (χ0n) is 10.1. The van der Waals surface area contributed by atoms with Crippen molar-refractivity contribution in [3.05, 3.63) is 40.5 Å². The average molecular weight is 300 g/mol. The number of nitrogens with zero attached hydrogens (tertiary/aromatic N) is 2. The van der Waals surface area contributed by atoms with E-state index in [9.17, 15) is 4.79 Å². The summed E-state index contributed by atoms with van der Waals surface area (Å²) in [7, 11) is 1.76. The highest BCUT2D eigenvalue weighted by Crippen LogP contribution is 2.27. The standard InChI is InChI=1S/C12H11Cl2N3O2/c1-17-5-4-11(16-17)15-12(18)7-19-10-6-8(13)2-3-9(10)14/h2-6H,7H2,1H3,(H,15,16,18). The predicted octanol–water partition coefficient (Wildman–Crippen LogP) is 2.74. The number of carbonyl (C=O) groups excluding carboxylic acids is 1. The summed E-state index contributed by atoms with van der Waals surface area (Å²) in [5.41, 5.74) is 0. The lowest BCUT2D eigenvalue weighted by Crippen LogP contribution is -2.20. The number of rotatable bonds is 4. The van der Waals surface area contributed by atoms with Crippen molar-refractivity contribution in [2.24, 2.45) is 7.05 Å². The van der Waals surface area contributed by atoms with Crippen LogP contribution in [0.5, 0.6) is 5.75 Å². The van der Waals surface area contributed by atoms with Crippen LogP contribution in [0, 0.1) is 0 Å². The van der Waals surface area contributed by atoms with Crippen molar-refractivity contribution in [3.63, 3.8) is 0 Å². The molecule has 0 saturated carbocycles. The van der Waals surface area contributed by atoms with E-state index >= 15 is 0 Å². The molecule has 0 aliphatic carbocycles. The summed E-state index contributed by atoms with van der Waals surface area (Å²) < 4.78 is 6.88. The molecule has 1 aromatic carbocycles. The number of ether oxygens (including phenoxy) is 1. The van der Waals surface area contributed by atoms with Crippen LogP contribution in [0.3, 0.4) is 0 Å². The zero-order chi connectivity index (χ0) is 13.8. The lowest BCUT2D eigenvalue weighted by Gasteiger charge is -2.07. The number of anilines is 1. The quantitative estimate of drug-likeness (QED) is 0.944. The second-order valence-corrected chi connectivity index (χ2v) is 4.63. The maximum atomic E-state index is 11.6. The molecule has 100 valence electrons. The van der Waals surface area contributed by atoms with Gasteiger partial charge in [-0.05, 0) is 12.1 Å². The molecule has 2 rings (SSSR count). The molecule has 0 unspecified atom stereocenters. The van der Waals surface area contributed by atoms with Crippen LogP contribution < -0.4 is 10.1 Å². The third-order valence-corrected chi connectivity index (χ3v) is 2.78. The number of hydrogen-bond donors (Lipinski definition) is 1. The third kappa shape index (κ3) is 3.87. The first-order valence-corrected chi connectivity index (χ1v) is 6.17. The topological polar surface area (TPSA) is 56.2 Å². The second kappa shape index (κ2) is 5.95. The number of carbonyl (C=O) groups is 1. The Kier molecular flexibility index (Phi) is 4.29. The monoisotopic (exact) mass is 299 g/mol. The van der Waals surface area contributed by atoms with Gasteiger partial charge in [-0.3, -0.25) is 9.48 Å². The minimum atomic E-state index is -0.324. The van der Waals surface area contributed by atoms with Crippen LogP contribution in [0.15, 0.2) is 30.5 Å². The molecule has 7 heteroatoms. The molecule has 0 spiro atoms. The fraction of sp³-hybridized carbons (Fsp3) is 0.167. The number of nitrogens with one attached hydrogen (secondary N) is 1. The van der Waals surface area contributed by atoms with Crippen molar-refractivity contribution >= 4 is 34.9 Å². The van der Waals surface area contributed by atoms with Gasteiger partial charge in [0, 0.05) is 30.4 Å². The van der Waals surface area contributed by atoms with E-state index in [2.05, 4.69) is 10.4 Å². The van der Waals surface area contributed by atoms with Crippen LogP contribution in [0.4, 0.5) is 5.82 Å². The number of benzene rings is 1. The first-order chi connectivity index (χ1) is 9.04. The van der Waals surface area contributed by atoms with Gasteiger partial charge >= 0.3 is 0 Å². The summed E-state index contributed by atoms with van der Waals surface area (Å²) >= 11 is 11.7. The average Bonchev–Trinajstić information content (AvgIpc) is 2.76.